The first kappa shape index (κ1) is 20.2. The van der Waals surface area contributed by atoms with E-state index in [0.29, 0.717) is 21.8 Å². The maximum absolute atomic E-state index is 13.5. The molecule has 10 heteroatoms. The van der Waals surface area contributed by atoms with Gasteiger partial charge in [-0.1, -0.05) is 0 Å². The lowest BCUT2D eigenvalue weighted by atomic mass is 9.85. The number of nitrogens with one attached hydrogen (secondary N) is 2. The third-order valence-corrected chi connectivity index (χ3v) is 6.17. The summed E-state index contributed by atoms with van der Waals surface area (Å²) in [5, 5.41) is 21.7. The molecular weight excluding hydrogens is 409 g/mol. The van der Waals surface area contributed by atoms with Gasteiger partial charge in [0.2, 0.25) is 5.91 Å². The van der Waals surface area contributed by atoms with Crippen LogP contribution in [0.5, 0.6) is 0 Å². The van der Waals surface area contributed by atoms with Crippen molar-refractivity contribution in [2.24, 2.45) is 5.73 Å². The molecule has 0 bridgehead atoms. The molecule has 1 aliphatic heterocycles. The number of carbonyl (C=O) groups is 2. The number of H-pyrrole nitrogens is 1. The Kier molecular flexibility index (Phi) is 5.60. The molecule has 0 aliphatic carbocycles. The molecule has 1 aliphatic rings. The molecule has 3 heterocycles. The number of hydrogen-bond donors (Lipinski definition) is 4. The van der Waals surface area contributed by atoms with Crippen molar-refractivity contribution in [3.05, 3.63) is 57.4 Å². The standard InChI is InChI=1S/C20H20FN5O3S/c21-12-3-1-10(2-4-12)16-14(17(26-25-16)11-5-7-23-8-6-11)15(18(22)27)19-24-13(9-30-19)20(28)29/h1-4,9,11,15,23H,5-8H2,(H2,22,27)(H,25,26)(H,28,29). The zero-order chi connectivity index (χ0) is 21.3. The zero-order valence-corrected chi connectivity index (χ0v) is 16.7. The summed E-state index contributed by atoms with van der Waals surface area (Å²) in [6, 6.07) is 5.82. The highest BCUT2D eigenvalue weighted by molar-refractivity contribution is 7.10. The first-order valence-corrected chi connectivity index (χ1v) is 10.4. The SMILES string of the molecule is NC(=O)C(c1nc(C(=O)O)cs1)c1c(-c2ccc(F)cc2)n[nH]c1C1CCNCC1. The van der Waals surface area contributed by atoms with Crippen LogP contribution in [0.15, 0.2) is 29.6 Å². The predicted molar refractivity (Wildman–Crippen MR) is 109 cm³/mol. The minimum absolute atomic E-state index is 0.128. The van der Waals surface area contributed by atoms with E-state index >= 15 is 0 Å². The quantitative estimate of drug-likeness (QED) is 0.476. The van der Waals surface area contributed by atoms with Crippen LogP contribution < -0.4 is 11.1 Å². The number of carboxylic acids is 1. The van der Waals surface area contributed by atoms with Gasteiger partial charge < -0.3 is 16.2 Å². The monoisotopic (exact) mass is 429 g/mol. The Morgan fingerprint density at radius 3 is 2.53 bits per heavy atom. The van der Waals surface area contributed by atoms with Crippen molar-refractivity contribution in [3.8, 4) is 11.3 Å². The Labute approximate surface area is 175 Å². The first-order chi connectivity index (χ1) is 14.5. The van der Waals surface area contributed by atoms with Gasteiger partial charge in [0, 0.05) is 28.1 Å². The lowest BCUT2D eigenvalue weighted by Gasteiger charge is -2.24. The molecular formula is C20H20FN5O3S. The molecule has 1 atom stereocenters. The van der Waals surface area contributed by atoms with E-state index < -0.39 is 17.8 Å². The summed E-state index contributed by atoms with van der Waals surface area (Å²) < 4.78 is 13.5. The van der Waals surface area contributed by atoms with E-state index in [-0.39, 0.29) is 17.4 Å². The van der Waals surface area contributed by atoms with Crippen molar-refractivity contribution >= 4 is 23.2 Å². The van der Waals surface area contributed by atoms with Crippen molar-refractivity contribution in [1.29, 1.82) is 0 Å². The number of primary amides is 1. The Hall–Kier alpha value is -3.11. The minimum Gasteiger partial charge on any atom is -0.476 e. The Morgan fingerprint density at radius 1 is 1.23 bits per heavy atom. The zero-order valence-electron chi connectivity index (χ0n) is 15.9. The number of carboxylic acid groups (broad SMARTS) is 1. The van der Waals surface area contributed by atoms with Crippen molar-refractivity contribution in [1.82, 2.24) is 20.5 Å². The molecule has 0 radical (unpaired) electrons. The van der Waals surface area contributed by atoms with Crippen LogP contribution in [0.3, 0.4) is 0 Å². The van der Waals surface area contributed by atoms with Gasteiger partial charge in [0.15, 0.2) is 5.69 Å². The Morgan fingerprint density at radius 2 is 1.93 bits per heavy atom. The smallest absolute Gasteiger partial charge is 0.355 e. The van der Waals surface area contributed by atoms with E-state index in [1.165, 1.54) is 17.5 Å². The predicted octanol–water partition coefficient (Wildman–Crippen LogP) is 2.45. The normalized spacial score (nSPS) is 15.8. The van der Waals surface area contributed by atoms with Crippen LogP contribution in [-0.2, 0) is 4.79 Å². The van der Waals surface area contributed by atoms with Crippen molar-refractivity contribution in [2.75, 3.05) is 13.1 Å². The lowest BCUT2D eigenvalue weighted by Crippen LogP contribution is -2.29. The van der Waals surface area contributed by atoms with Crippen molar-refractivity contribution in [3.63, 3.8) is 0 Å². The van der Waals surface area contributed by atoms with Gasteiger partial charge in [0.25, 0.3) is 0 Å². The number of aromatic nitrogens is 3. The molecule has 5 N–H and O–H groups in total. The maximum Gasteiger partial charge on any atom is 0.355 e. The number of rotatable bonds is 6. The van der Waals surface area contributed by atoms with Crippen LogP contribution in [0.1, 0.15) is 51.4 Å². The van der Waals surface area contributed by atoms with Gasteiger partial charge in [-0.25, -0.2) is 14.2 Å². The second-order valence-electron chi connectivity index (χ2n) is 7.14. The first-order valence-electron chi connectivity index (χ1n) is 9.48. The summed E-state index contributed by atoms with van der Waals surface area (Å²) in [7, 11) is 0. The fourth-order valence-electron chi connectivity index (χ4n) is 3.81. The number of aromatic amines is 1. The number of hydrogen-bond acceptors (Lipinski definition) is 6. The van der Waals surface area contributed by atoms with Crippen LogP contribution in [0.2, 0.25) is 0 Å². The third kappa shape index (κ3) is 3.83. The summed E-state index contributed by atoms with van der Waals surface area (Å²) in [4.78, 5) is 28.0. The highest BCUT2D eigenvalue weighted by atomic mass is 32.1. The van der Waals surface area contributed by atoms with Crippen molar-refractivity contribution < 1.29 is 19.1 Å². The lowest BCUT2D eigenvalue weighted by molar-refractivity contribution is -0.118. The maximum atomic E-state index is 13.5. The van der Waals surface area contributed by atoms with Gasteiger partial charge in [0.1, 0.15) is 16.7 Å². The molecule has 0 spiro atoms. The number of thiazole rings is 1. The topological polar surface area (TPSA) is 134 Å². The van der Waals surface area contributed by atoms with Gasteiger partial charge in [0.05, 0.1) is 5.69 Å². The highest BCUT2D eigenvalue weighted by Gasteiger charge is 2.34. The average Bonchev–Trinajstić information content (AvgIpc) is 3.38. The molecule has 30 heavy (non-hydrogen) atoms. The highest BCUT2D eigenvalue weighted by Crippen LogP contribution is 2.40. The van der Waals surface area contributed by atoms with E-state index in [4.69, 9.17) is 5.73 Å². The molecule has 1 fully saturated rings. The van der Waals surface area contributed by atoms with E-state index in [1.807, 2.05) is 0 Å². The summed E-state index contributed by atoms with van der Waals surface area (Å²) in [6.45, 7) is 1.66. The van der Waals surface area contributed by atoms with Crippen LogP contribution in [0.25, 0.3) is 11.3 Å². The van der Waals surface area contributed by atoms with E-state index in [1.54, 1.807) is 12.1 Å². The number of benzene rings is 1. The van der Waals surface area contributed by atoms with E-state index in [2.05, 4.69) is 20.5 Å². The summed E-state index contributed by atoms with van der Waals surface area (Å²) in [5.41, 5.74) is 8.11. The van der Waals surface area contributed by atoms with E-state index in [0.717, 1.165) is 43.0 Å². The van der Waals surface area contributed by atoms with Gasteiger partial charge >= 0.3 is 5.97 Å². The van der Waals surface area contributed by atoms with Crippen LogP contribution >= 0.6 is 11.3 Å². The number of amides is 1. The molecule has 3 aromatic rings. The second kappa shape index (κ2) is 8.33. The van der Waals surface area contributed by atoms with E-state index in [9.17, 15) is 19.1 Å². The van der Waals surface area contributed by atoms with Gasteiger partial charge in [-0.3, -0.25) is 9.89 Å². The number of piperidine rings is 1. The molecule has 0 saturated carbocycles. The second-order valence-corrected chi connectivity index (χ2v) is 8.03. The van der Waals surface area contributed by atoms with Gasteiger partial charge in [-0.05, 0) is 50.2 Å². The molecule has 8 nitrogen and oxygen atoms in total. The molecule has 1 amide bonds. The molecule has 2 aromatic heterocycles. The molecule has 4 rings (SSSR count). The fourth-order valence-corrected chi connectivity index (χ4v) is 4.72. The van der Waals surface area contributed by atoms with Crippen molar-refractivity contribution in [2.45, 2.75) is 24.7 Å². The van der Waals surface area contributed by atoms with Gasteiger partial charge in [-0.2, -0.15) is 5.10 Å². The molecule has 1 aromatic carbocycles. The molecule has 1 saturated heterocycles. The number of carbonyl (C=O) groups excluding carboxylic acids is 1. The van der Waals surface area contributed by atoms with Crippen LogP contribution in [0.4, 0.5) is 4.39 Å². The molecule has 1 unspecified atom stereocenters. The fraction of sp³-hybridized carbons (Fsp3) is 0.300. The number of nitrogens with zero attached hydrogens (tertiary/aromatic N) is 2. The number of nitrogens with two attached hydrogens (primary N) is 1. The summed E-state index contributed by atoms with van der Waals surface area (Å²) in [5.74, 6) is -3.05. The van der Waals surface area contributed by atoms with Crippen LogP contribution in [0, 0.1) is 5.82 Å². The van der Waals surface area contributed by atoms with Crippen LogP contribution in [-0.4, -0.2) is 45.3 Å². The summed E-state index contributed by atoms with van der Waals surface area (Å²) in [6.07, 6.45) is 1.70. The Balaban J connectivity index is 1.88. The largest absolute Gasteiger partial charge is 0.476 e. The number of aromatic carboxylic acids is 1. The number of halogens is 1. The molecule has 156 valence electrons. The summed E-state index contributed by atoms with van der Waals surface area (Å²) >= 11 is 1.07. The minimum atomic E-state index is -1.18. The van der Waals surface area contributed by atoms with Gasteiger partial charge in [-0.15, -0.1) is 11.3 Å². The Bertz CT molecular complexity index is 1070. The third-order valence-electron chi connectivity index (χ3n) is 5.26. The average molecular weight is 429 g/mol.